The van der Waals surface area contributed by atoms with Gasteiger partial charge in [-0.3, -0.25) is 14.4 Å². The average Bonchev–Trinajstić information content (AvgIpc) is 2.22. The van der Waals surface area contributed by atoms with Crippen molar-refractivity contribution in [3.05, 3.63) is 20.4 Å². The number of hydrogen-bond donors (Lipinski definition) is 1. The molecule has 0 bridgehead atoms. The molecule has 0 spiro atoms. The lowest BCUT2D eigenvalue weighted by molar-refractivity contribution is -0.140. The maximum absolute atomic E-state index is 10.8. The van der Waals surface area contributed by atoms with Crippen LogP contribution in [0.15, 0.2) is 14.5 Å². The van der Waals surface area contributed by atoms with Gasteiger partial charge < -0.3 is 9.84 Å². The molecule has 0 radical (unpaired) electrons. The molecule has 14 heavy (non-hydrogen) atoms. The lowest BCUT2D eigenvalue weighted by Crippen LogP contribution is -2.31. The van der Waals surface area contributed by atoms with Gasteiger partial charge in [0, 0.05) is 5.75 Å². The molecule has 0 atom stereocenters. The molecule has 1 aromatic carbocycles. The second-order valence-corrected chi connectivity index (χ2v) is 3.62. The molecule has 1 rings (SSSR count). The van der Waals surface area contributed by atoms with Crippen molar-refractivity contribution < 1.29 is 14.6 Å². The van der Waals surface area contributed by atoms with Crippen LogP contribution in [0.5, 0.6) is 5.75 Å². The zero-order valence-electron chi connectivity index (χ0n) is 7.40. The van der Waals surface area contributed by atoms with Crippen LogP contribution in [0.3, 0.4) is 0 Å². The number of hydrogen-bond acceptors (Lipinski definition) is 6. The Bertz CT molecular complexity index is 415. The lowest BCUT2D eigenvalue weighted by atomic mass is 10.3. The quantitative estimate of drug-likeness (QED) is 0.420. The second kappa shape index (κ2) is 4.28. The van der Waals surface area contributed by atoms with E-state index in [9.17, 15) is 14.4 Å². The van der Waals surface area contributed by atoms with Gasteiger partial charge in [-0.05, 0) is 0 Å². The van der Waals surface area contributed by atoms with Gasteiger partial charge in [0.15, 0.2) is 5.75 Å². The monoisotopic (exact) mass is 216 g/mol. The highest BCUT2D eigenvalue weighted by atomic mass is 32.2. The predicted octanol–water partition coefficient (Wildman–Crippen LogP) is -0.357. The van der Waals surface area contributed by atoms with Crippen molar-refractivity contribution in [2.45, 2.75) is 11.3 Å². The van der Waals surface area contributed by atoms with Crippen molar-refractivity contribution in [1.29, 1.82) is 0 Å². The van der Waals surface area contributed by atoms with E-state index >= 15 is 0 Å². The molecular formula is C8H8O5S. The summed E-state index contributed by atoms with van der Waals surface area (Å²) in [5, 5.41) is 8.94. The van der Waals surface area contributed by atoms with E-state index in [0.29, 0.717) is 5.75 Å². The van der Waals surface area contributed by atoms with Gasteiger partial charge in [-0.2, -0.15) is 0 Å². The molecule has 1 N–H and O–H groups in total. The Morgan fingerprint density at radius 3 is 2.57 bits per heavy atom. The highest BCUT2D eigenvalue weighted by Crippen LogP contribution is 2.23. The molecule has 0 saturated carbocycles. The Balaban J connectivity index is 2.45. The number of aromatic hydroxyl groups is 1. The summed E-state index contributed by atoms with van der Waals surface area (Å²) in [6.45, 7) is 0. The van der Waals surface area contributed by atoms with Gasteiger partial charge in [0.25, 0.3) is 5.43 Å². The molecule has 0 unspecified atom stereocenters. The standard InChI is InChI=1S/C8H8O5S/c1-13-4(9)2-3-14-8-6(11)5(10)7(8)12/h11H,2-3H2,1H3. The molecule has 0 amide bonds. The van der Waals surface area contributed by atoms with E-state index in [1.165, 1.54) is 7.11 Å². The van der Waals surface area contributed by atoms with Crippen LogP contribution in [0.4, 0.5) is 0 Å². The summed E-state index contributed by atoms with van der Waals surface area (Å²) >= 11 is 0.985. The van der Waals surface area contributed by atoms with Gasteiger partial charge in [0.05, 0.1) is 13.5 Å². The first-order valence-electron chi connectivity index (χ1n) is 3.79. The molecule has 0 fully saturated rings. The van der Waals surface area contributed by atoms with E-state index in [1.807, 2.05) is 0 Å². The molecular weight excluding hydrogens is 208 g/mol. The van der Waals surface area contributed by atoms with Gasteiger partial charge in [-0.1, -0.05) is 0 Å². The first-order valence-corrected chi connectivity index (χ1v) is 4.78. The summed E-state index contributed by atoms with van der Waals surface area (Å²) in [6.07, 6.45) is 0.138. The molecule has 0 aliphatic heterocycles. The van der Waals surface area contributed by atoms with Gasteiger partial charge in [0.1, 0.15) is 4.90 Å². The van der Waals surface area contributed by atoms with Crippen molar-refractivity contribution in [3.8, 4) is 5.75 Å². The minimum absolute atomic E-state index is 0.0407. The molecule has 0 aliphatic carbocycles. The highest BCUT2D eigenvalue weighted by Gasteiger charge is 2.20. The van der Waals surface area contributed by atoms with Crippen LogP contribution in [-0.4, -0.2) is 23.9 Å². The molecule has 0 saturated heterocycles. The van der Waals surface area contributed by atoms with Crippen LogP contribution in [0.25, 0.3) is 0 Å². The second-order valence-electron chi connectivity index (χ2n) is 2.51. The zero-order chi connectivity index (χ0) is 10.7. The Kier molecular flexibility index (Phi) is 3.29. The fourth-order valence-electron chi connectivity index (χ4n) is 0.831. The van der Waals surface area contributed by atoms with E-state index in [-0.39, 0.29) is 11.3 Å². The Morgan fingerprint density at radius 2 is 2.07 bits per heavy atom. The summed E-state index contributed by atoms with van der Waals surface area (Å²) in [6, 6.07) is 0. The topological polar surface area (TPSA) is 80.7 Å². The van der Waals surface area contributed by atoms with Gasteiger partial charge in [-0.15, -0.1) is 11.8 Å². The summed E-state index contributed by atoms with van der Waals surface area (Å²) < 4.78 is 4.38. The number of rotatable bonds is 4. The summed E-state index contributed by atoms with van der Waals surface area (Å²) in [5.41, 5.74) is -1.54. The van der Waals surface area contributed by atoms with Crippen molar-refractivity contribution in [2.24, 2.45) is 0 Å². The van der Waals surface area contributed by atoms with Crippen LogP contribution in [0.2, 0.25) is 0 Å². The minimum atomic E-state index is -0.856. The SMILES string of the molecule is COC(=O)CCSc1c(O)c(=O)c1=O. The molecule has 0 aliphatic rings. The third kappa shape index (κ3) is 1.95. The Morgan fingerprint density at radius 1 is 1.43 bits per heavy atom. The van der Waals surface area contributed by atoms with E-state index in [0.717, 1.165) is 11.8 Å². The third-order valence-electron chi connectivity index (χ3n) is 1.62. The minimum Gasteiger partial charge on any atom is -0.503 e. The maximum Gasteiger partial charge on any atom is 0.306 e. The number of carbonyl (C=O) groups excluding carboxylic acids is 1. The summed E-state index contributed by atoms with van der Waals surface area (Å²) in [7, 11) is 1.27. The number of esters is 1. The molecule has 0 heterocycles. The number of carbonyl (C=O) groups is 1. The largest absolute Gasteiger partial charge is 0.503 e. The van der Waals surface area contributed by atoms with E-state index in [2.05, 4.69) is 4.74 Å². The van der Waals surface area contributed by atoms with Gasteiger partial charge >= 0.3 is 5.97 Å². The highest BCUT2D eigenvalue weighted by molar-refractivity contribution is 7.99. The lowest BCUT2D eigenvalue weighted by Gasteiger charge is -2.03. The Labute approximate surface area is 83.4 Å². The van der Waals surface area contributed by atoms with E-state index in [1.54, 1.807) is 0 Å². The summed E-state index contributed by atoms with van der Waals surface area (Å²) in [5.74, 6) is -0.578. The van der Waals surface area contributed by atoms with E-state index < -0.39 is 22.6 Å². The van der Waals surface area contributed by atoms with Crippen molar-refractivity contribution in [2.75, 3.05) is 12.9 Å². The summed E-state index contributed by atoms with van der Waals surface area (Å²) in [4.78, 5) is 32.1. The van der Waals surface area contributed by atoms with Crippen LogP contribution >= 0.6 is 11.8 Å². The molecule has 76 valence electrons. The Hall–Kier alpha value is -1.30. The smallest absolute Gasteiger partial charge is 0.306 e. The first-order chi connectivity index (χ1) is 6.57. The molecule has 6 heteroatoms. The number of methoxy groups -OCH3 is 1. The van der Waals surface area contributed by atoms with Crippen LogP contribution in [0, 0.1) is 0 Å². The maximum atomic E-state index is 10.8. The fraction of sp³-hybridized carbons (Fsp3) is 0.375. The third-order valence-corrected chi connectivity index (χ3v) is 2.70. The van der Waals surface area contributed by atoms with Gasteiger partial charge in [-0.25, -0.2) is 0 Å². The van der Waals surface area contributed by atoms with Gasteiger partial charge in [0.2, 0.25) is 5.43 Å². The predicted molar refractivity (Wildman–Crippen MR) is 50.4 cm³/mol. The van der Waals surface area contributed by atoms with E-state index in [4.69, 9.17) is 5.11 Å². The van der Waals surface area contributed by atoms with Crippen molar-refractivity contribution in [3.63, 3.8) is 0 Å². The number of ether oxygens (including phenoxy) is 1. The van der Waals surface area contributed by atoms with Crippen LogP contribution in [0.1, 0.15) is 6.42 Å². The first kappa shape index (κ1) is 10.8. The average molecular weight is 216 g/mol. The fourth-order valence-corrected chi connectivity index (χ4v) is 1.76. The number of thioether (sulfide) groups is 1. The normalized spacial score (nSPS) is 10.4. The molecule has 5 nitrogen and oxygen atoms in total. The zero-order valence-corrected chi connectivity index (χ0v) is 8.22. The van der Waals surface area contributed by atoms with Crippen LogP contribution < -0.4 is 10.9 Å². The van der Waals surface area contributed by atoms with Crippen LogP contribution in [-0.2, 0) is 9.53 Å². The van der Waals surface area contributed by atoms with Crippen molar-refractivity contribution >= 4 is 17.7 Å². The molecule has 0 aromatic heterocycles. The molecule has 1 aromatic rings. The van der Waals surface area contributed by atoms with Crippen molar-refractivity contribution in [1.82, 2.24) is 0 Å².